The van der Waals surface area contributed by atoms with E-state index in [4.69, 9.17) is 20.8 Å². The Bertz CT molecular complexity index is 641. The maximum Gasteiger partial charge on any atom is 0.376 e. The van der Waals surface area contributed by atoms with Gasteiger partial charge in [-0.1, -0.05) is 17.7 Å². The van der Waals surface area contributed by atoms with Crippen LogP contribution in [0.5, 0.6) is 0 Å². The van der Waals surface area contributed by atoms with Crippen LogP contribution in [0.1, 0.15) is 16.2 Å². The molecule has 0 atom stereocenters. The highest BCUT2D eigenvalue weighted by atomic mass is 35.5. The summed E-state index contributed by atoms with van der Waals surface area (Å²) in [6, 6.07) is 4.41. The van der Waals surface area contributed by atoms with E-state index in [9.17, 15) is 9.18 Å². The van der Waals surface area contributed by atoms with E-state index in [1.807, 2.05) is 0 Å². The van der Waals surface area contributed by atoms with Gasteiger partial charge in [0.05, 0.1) is 24.3 Å². The van der Waals surface area contributed by atoms with Crippen molar-refractivity contribution >= 4 is 17.6 Å². The molecule has 0 aliphatic rings. The summed E-state index contributed by atoms with van der Waals surface area (Å²) in [5.74, 6) is -1.56. The summed E-state index contributed by atoms with van der Waals surface area (Å²) < 4.78 is 28.7. The third-order valence-corrected chi connectivity index (χ3v) is 2.82. The van der Waals surface area contributed by atoms with Crippen LogP contribution in [0.3, 0.4) is 0 Å². The quantitative estimate of drug-likeness (QED) is 0.812. The molecule has 1 aromatic carbocycles. The lowest BCUT2D eigenvalue weighted by molar-refractivity contribution is 0.0559. The van der Waals surface area contributed by atoms with E-state index in [0.29, 0.717) is 0 Å². The van der Waals surface area contributed by atoms with Gasteiger partial charge < -0.3 is 13.9 Å². The molecular formula is C13H11ClFNO4. The Balaban J connectivity index is 2.52. The molecule has 0 amide bonds. The molecule has 20 heavy (non-hydrogen) atoms. The largest absolute Gasteiger partial charge is 0.463 e. The minimum atomic E-state index is -0.710. The molecular weight excluding hydrogens is 289 g/mol. The van der Waals surface area contributed by atoms with Crippen molar-refractivity contribution in [3.8, 4) is 11.5 Å². The van der Waals surface area contributed by atoms with Crippen LogP contribution in [-0.4, -0.2) is 25.2 Å². The lowest BCUT2D eigenvalue weighted by Gasteiger charge is -1.99. The number of hydrogen-bond donors (Lipinski definition) is 0. The van der Waals surface area contributed by atoms with Crippen molar-refractivity contribution in [2.45, 2.75) is 6.61 Å². The van der Waals surface area contributed by atoms with E-state index < -0.39 is 11.8 Å². The van der Waals surface area contributed by atoms with E-state index in [-0.39, 0.29) is 34.5 Å². The molecule has 0 fully saturated rings. The standard InChI is InChI=1S/C13H11ClFNO4/c1-18-6-9-11(13(17)19-2)20-12(16-9)7-4-3-5-8(14)10(7)15/h3-5H,6H2,1-2H3. The number of methoxy groups -OCH3 is 2. The maximum atomic E-state index is 13.9. The Kier molecular flexibility index (Phi) is 4.36. The molecule has 1 heterocycles. The van der Waals surface area contributed by atoms with E-state index in [1.54, 1.807) is 6.07 Å². The highest BCUT2D eigenvalue weighted by Crippen LogP contribution is 2.29. The van der Waals surface area contributed by atoms with Crippen molar-refractivity contribution in [2.24, 2.45) is 0 Å². The van der Waals surface area contributed by atoms with Gasteiger partial charge in [0.15, 0.2) is 5.82 Å². The average molecular weight is 300 g/mol. The number of carbonyl (C=O) groups is 1. The molecule has 0 radical (unpaired) electrons. The fourth-order valence-corrected chi connectivity index (χ4v) is 1.80. The number of carbonyl (C=O) groups excluding carboxylic acids is 1. The lowest BCUT2D eigenvalue weighted by atomic mass is 10.2. The van der Waals surface area contributed by atoms with Crippen molar-refractivity contribution in [3.05, 3.63) is 40.5 Å². The fraction of sp³-hybridized carbons (Fsp3) is 0.231. The van der Waals surface area contributed by atoms with Crippen LogP contribution >= 0.6 is 11.6 Å². The number of benzene rings is 1. The van der Waals surface area contributed by atoms with E-state index >= 15 is 0 Å². The first-order valence-electron chi connectivity index (χ1n) is 5.59. The number of hydrogen-bond acceptors (Lipinski definition) is 5. The van der Waals surface area contributed by atoms with Gasteiger partial charge in [-0.3, -0.25) is 0 Å². The molecule has 2 rings (SSSR count). The number of aromatic nitrogens is 1. The number of rotatable bonds is 4. The van der Waals surface area contributed by atoms with E-state index in [1.165, 1.54) is 26.4 Å². The summed E-state index contributed by atoms with van der Waals surface area (Å²) in [5.41, 5.74) is 0.290. The SMILES string of the molecule is COCc1nc(-c2cccc(Cl)c2F)oc1C(=O)OC. The van der Waals surface area contributed by atoms with Gasteiger partial charge in [0.25, 0.3) is 0 Å². The lowest BCUT2D eigenvalue weighted by Crippen LogP contribution is -2.04. The highest BCUT2D eigenvalue weighted by Gasteiger charge is 2.23. The minimum Gasteiger partial charge on any atom is -0.463 e. The van der Waals surface area contributed by atoms with Gasteiger partial charge in [-0.2, -0.15) is 0 Å². The molecule has 5 nitrogen and oxygen atoms in total. The van der Waals surface area contributed by atoms with Crippen LogP contribution in [0.4, 0.5) is 4.39 Å². The van der Waals surface area contributed by atoms with Crippen molar-refractivity contribution in [3.63, 3.8) is 0 Å². The van der Waals surface area contributed by atoms with Gasteiger partial charge >= 0.3 is 5.97 Å². The highest BCUT2D eigenvalue weighted by molar-refractivity contribution is 6.31. The van der Waals surface area contributed by atoms with Crippen molar-refractivity contribution < 1.29 is 23.1 Å². The van der Waals surface area contributed by atoms with Crippen LogP contribution < -0.4 is 0 Å². The smallest absolute Gasteiger partial charge is 0.376 e. The third kappa shape index (κ3) is 2.66. The normalized spacial score (nSPS) is 10.6. The first kappa shape index (κ1) is 14.5. The van der Waals surface area contributed by atoms with Crippen LogP contribution in [0.25, 0.3) is 11.5 Å². The zero-order valence-corrected chi connectivity index (χ0v) is 11.5. The molecule has 0 unspecified atom stereocenters. The summed E-state index contributed by atoms with van der Waals surface area (Å²) in [6.45, 7) is 0.0378. The van der Waals surface area contributed by atoms with Gasteiger partial charge in [0, 0.05) is 7.11 Å². The third-order valence-electron chi connectivity index (χ3n) is 2.53. The van der Waals surface area contributed by atoms with Gasteiger partial charge in [-0.25, -0.2) is 14.2 Å². The predicted molar refractivity (Wildman–Crippen MR) is 69.0 cm³/mol. The second-order valence-corrected chi connectivity index (χ2v) is 4.23. The second-order valence-electron chi connectivity index (χ2n) is 3.82. The van der Waals surface area contributed by atoms with Crippen LogP contribution in [0.15, 0.2) is 22.6 Å². The number of nitrogens with zero attached hydrogens (tertiary/aromatic N) is 1. The topological polar surface area (TPSA) is 61.6 Å². The van der Waals surface area contributed by atoms with Crippen molar-refractivity contribution in [1.29, 1.82) is 0 Å². The Morgan fingerprint density at radius 1 is 1.45 bits per heavy atom. The molecule has 1 aromatic heterocycles. The Morgan fingerprint density at radius 3 is 2.85 bits per heavy atom. The summed E-state index contributed by atoms with van der Waals surface area (Å²) in [4.78, 5) is 15.6. The molecule has 0 saturated heterocycles. The number of ether oxygens (including phenoxy) is 2. The van der Waals surface area contributed by atoms with Crippen molar-refractivity contribution in [1.82, 2.24) is 4.98 Å². The number of halogens is 2. The predicted octanol–water partition coefficient (Wildman–Crippen LogP) is 3.07. The Morgan fingerprint density at radius 2 is 2.20 bits per heavy atom. The Labute approximate surface area is 119 Å². The molecule has 0 bridgehead atoms. The van der Waals surface area contributed by atoms with Crippen LogP contribution in [0.2, 0.25) is 5.02 Å². The van der Waals surface area contributed by atoms with Crippen LogP contribution in [-0.2, 0) is 16.1 Å². The molecule has 0 N–H and O–H groups in total. The number of esters is 1. The first-order valence-corrected chi connectivity index (χ1v) is 5.97. The van der Waals surface area contributed by atoms with Gasteiger partial charge in [0.2, 0.25) is 11.7 Å². The molecule has 7 heteroatoms. The fourth-order valence-electron chi connectivity index (χ4n) is 1.62. The van der Waals surface area contributed by atoms with Crippen LogP contribution in [0, 0.1) is 5.82 Å². The van der Waals surface area contributed by atoms with E-state index in [2.05, 4.69) is 9.72 Å². The number of oxazole rings is 1. The molecule has 0 saturated carbocycles. The van der Waals surface area contributed by atoms with E-state index in [0.717, 1.165) is 0 Å². The Hall–Kier alpha value is -1.92. The first-order chi connectivity index (χ1) is 9.58. The van der Waals surface area contributed by atoms with Gasteiger partial charge in [0.1, 0.15) is 5.69 Å². The maximum absolute atomic E-state index is 13.9. The zero-order chi connectivity index (χ0) is 14.7. The molecule has 106 valence electrons. The summed E-state index contributed by atoms with van der Waals surface area (Å²) in [6.07, 6.45) is 0. The summed E-state index contributed by atoms with van der Waals surface area (Å²) in [7, 11) is 2.65. The molecule has 0 aliphatic carbocycles. The summed E-state index contributed by atoms with van der Waals surface area (Å²) in [5, 5.41) is -0.0615. The molecule has 0 spiro atoms. The molecule has 2 aromatic rings. The average Bonchev–Trinajstić information content (AvgIpc) is 2.85. The zero-order valence-electron chi connectivity index (χ0n) is 10.8. The van der Waals surface area contributed by atoms with Gasteiger partial charge in [-0.05, 0) is 12.1 Å². The summed E-state index contributed by atoms with van der Waals surface area (Å²) >= 11 is 5.70. The monoisotopic (exact) mass is 299 g/mol. The second kappa shape index (κ2) is 6.02. The van der Waals surface area contributed by atoms with Crippen molar-refractivity contribution in [2.75, 3.05) is 14.2 Å². The molecule has 0 aliphatic heterocycles. The van der Waals surface area contributed by atoms with Gasteiger partial charge in [-0.15, -0.1) is 0 Å². The minimum absolute atomic E-state index is 0.0378.